The molecule has 3 N–H and O–H groups in total. The van der Waals surface area contributed by atoms with E-state index in [2.05, 4.69) is 50.2 Å². The second kappa shape index (κ2) is 8.12. The number of amides is 1. The van der Waals surface area contributed by atoms with Crippen LogP contribution in [0.4, 0.5) is 5.69 Å². The van der Waals surface area contributed by atoms with E-state index in [4.69, 9.17) is 0 Å². The normalized spacial score (nSPS) is 14.0. The van der Waals surface area contributed by atoms with Gasteiger partial charge in [-0.05, 0) is 30.0 Å². The molecule has 152 valence electrons. The van der Waals surface area contributed by atoms with Crippen LogP contribution in [0.3, 0.4) is 0 Å². The Kier molecular flexibility index (Phi) is 5.03. The Balaban J connectivity index is 1.19. The molecule has 1 saturated carbocycles. The molecule has 5 rings (SSSR count). The van der Waals surface area contributed by atoms with Crippen molar-refractivity contribution in [1.29, 1.82) is 0 Å². The smallest absolute Gasteiger partial charge is 0.276 e. The van der Waals surface area contributed by atoms with E-state index in [9.17, 15) is 4.79 Å². The fraction of sp³-hybridized carbons (Fsp3) is 0.261. The maximum atomic E-state index is 12.6. The number of carbonyl (C=O) groups excluding carboxylic acids is 1. The van der Waals surface area contributed by atoms with Gasteiger partial charge in [-0.3, -0.25) is 14.6 Å². The van der Waals surface area contributed by atoms with Gasteiger partial charge in [0.15, 0.2) is 5.69 Å². The first-order valence-corrected chi connectivity index (χ1v) is 10.3. The Bertz CT molecular complexity index is 1160. The van der Waals surface area contributed by atoms with E-state index in [1.807, 2.05) is 35.1 Å². The van der Waals surface area contributed by atoms with Crippen molar-refractivity contribution in [3.63, 3.8) is 0 Å². The van der Waals surface area contributed by atoms with Crippen molar-refractivity contribution < 1.29 is 4.79 Å². The van der Waals surface area contributed by atoms with E-state index < -0.39 is 0 Å². The van der Waals surface area contributed by atoms with Crippen molar-refractivity contribution in [2.45, 2.75) is 38.4 Å². The van der Waals surface area contributed by atoms with Crippen molar-refractivity contribution in [2.24, 2.45) is 0 Å². The fourth-order valence-electron chi connectivity index (χ4n) is 3.67. The van der Waals surface area contributed by atoms with Gasteiger partial charge in [-0.2, -0.15) is 10.2 Å². The Morgan fingerprint density at radius 3 is 2.70 bits per heavy atom. The molecule has 1 fully saturated rings. The first kappa shape index (κ1) is 18.6. The summed E-state index contributed by atoms with van der Waals surface area (Å²) in [6.07, 6.45) is 7.43. The minimum Gasteiger partial charge on any atom is -0.318 e. The van der Waals surface area contributed by atoms with Gasteiger partial charge in [-0.1, -0.05) is 48.9 Å². The third-order valence-corrected chi connectivity index (χ3v) is 5.64. The first-order valence-electron chi connectivity index (χ1n) is 10.3. The largest absolute Gasteiger partial charge is 0.318 e. The summed E-state index contributed by atoms with van der Waals surface area (Å²) in [4.78, 5) is 12.6. The molecular weight excluding hydrogens is 376 g/mol. The van der Waals surface area contributed by atoms with E-state index in [1.54, 1.807) is 6.20 Å². The number of H-pyrrole nitrogens is 1. The number of anilines is 1. The van der Waals surface area contributed by atoms with Crippen LogP contribution in [0.5, 0.6) is 0 Å². The molecule has 2 aromatic heterocycles. The molecule has 0 bridgehead atoms. The van der Waals surface area contributed by atoms with Gasteiger partial charge in [-0.15, -0.1) is 0 Å². The molecule has 7 nitrogen and oxygen atoms in total. The SMILES string of the molecule is O=C(Nc1cnn(Cc2ccc(CNC3CCC3)cc2)c1)c1n[nH]c2ccccc12. The average molecular weight is 400 g/mol. The molecule has 0 saturated heterocycles. The van der Waals surface area contributed by atoms with Gasteiger partial charge in [0.25, 0.3) is 5.91 Å². The molecule has 1 aliphatic rings. The third kappa shape index (κ3) is 3.97. The maximum absolute atomic E-state index is 12.6. The van der Waals surface area contributed by atoms with Crippen LogP contribution in [0.2, 0.25) is 0 Å². The van der Waals surface area contributed by atoms with E-state index >= 15 is 0 Å². The average Bonchev–Trinajstić information content (AvgIpc) is 3.35. The van der Waals surface area contributed by atoms with Crippen LogP contribution in [0, 0.1) is 0 Å². The van der Waals surface area contributed by atoms with E-state index in [0.29, 0.717) is 24.0 Å². The number of nitrogens with one attached hydrogen (secondary N) is 3. The van der Waals surface area contributed by atoms with Gasteiger partial charge in [0.1, 0.15) is 0 Å². The molecule has 2 heterocycles. The molecule has 30 heavy (non-hydrogen) atoms. The van der Waals surface area contributed by atoms with Crippen molar-refractivity contribution >= 4 is 22.5 Å². The van der Waals surface area contributed by atoms with E-state index in [0.717, 1.165) is 17.4 Å². The van der Waals surface area contributed by atoms with Gasteiger partial charge in [-0.25, -0.2) is 0 Å². The number of para-hydroxylation sites is 1. The topological polar surface area (TPSA) is 87.6 Å². The summed E-state index contributed by atoms with van der Waals surface area (Å²) < 4.78 is 1.82. The highest BCUT2D eigenvalue weighted by Gasteiger charge is 2.16. The summed E-state index contributed by atoms with van der Waals surface area (Å²) in [7, 11) is 0. The monoisotopic (exact) mass is 400 g/mol. The lowest BCUT2D eigenvalue weighted by Crippen LogP contribution is -2.34. The van der Waals surface area contributed by atoms with Crippen LogP contribution >= 0.6 is 0 Å². The number of hydrogen-bond donors (Lipinski definition) is 3. The van der Waals surface area contributed by atoms with Crippen LogP contribution < -0.4 is 10.6 Å². The Hall–Kier alpha value is -3.45. The predicted octanol–water partition coefficient (Wildman–Crippen LogP) is 3.70. The maximum Gasteiger partial charge on any atom is 0.276 e. The van der Waals surface area contributed by atoms with E-state index in [1.165, 1.54) is 30.4 Å². The number of aromatic amines is 1. The zero-order valence-corrected chi connectivity index (χ0v) is 16.6. The summed E-state index contributed by atoms with van der Waals surface area (Å²) in [5.74, 6) is -0.254. The summed E-state index contributed by atoms with van der Waals surface area (Å²) in [6, 6.07) is 16.9. The zero-order valence-electron chi connectivity index (χ0n) is 16.6. The molecule has 0 aliphatic heterocycles. The molecule has 0 spiro atoms. The Morgan fingerprint density at radius 1 is 1.10 bits per heavy atom. The number of aromatic nitrogens is 4. The lowest BCUT2D eigenvalue weighted by molar-refractivity contribution is 0.102. The molecular formula is C23H24N6O. The third-order valence-electron chi connectivity index (χ3n) is 5.64. The Morgan fingerprint density at radius 2 is 1.90 bits per heavy atom. The van der Waals surface area contributed by atoms with Gasteiger partial charge < -0.3 is 10.6 Å². The molecule has 0 unspecified atom stereocenters. The first-order chi connectivity index (χ1) is 14.7. The highest BCUT2D eigenvalue weighted by atomic mass is 16.2. The second-order valence-electron chi connectivity index (χ2n) is 7.82. The van der Waals surface area contributed by atoms with Crippen molar-refractivity contribution in [3.05, 3.63) is 77.7 Å². The summed E-state index contributed by atoms with van der Waals surface area (Å²) >= 11 is 0. The van der Waals surface area contributed by atoms with Gasteiger partial charge in [0, 0.05) is 24.2 Å². The second-order valence-corrected chi connectivity index (χ2v) is 7.82. The van der Waals surface area contributed by atoms with Crippen LogP contribution in [-0.2, 0) is 13.1 Å². The van der Waals surface area contributed by atoms with Crippen LogP contribution in [0.1, 0.15) is 40.9 Å². The number of nitrogens with zero attached hydrogens (tertiary/aromatic N) is 3. The highest BCUT2D eigenvalue weighted by Crippen LogP contribution is 2.19. The van der Waals surface area contributed by atoms with Crippen molar-refractivity contribution in [2.75, 3.05) is 5.32 Å². The molecule has 0 radical (unpaired) electrons. The number of rotatable bonds is 7. The standard InChI is InChI=1S/C23H24N6O/c30-23(22-20-6-1-2-7-21(20)27-28-22)26-19-13-25-29(15-19)14-17-10-8-16(9-11-17)12-24-18-4-3-5-18/h1-2,6-11,13,15,18,24H,3-5,12,14H2,(H,26,30)(H,27,28). The molecule has 4 aromatic rings. The van der Waals surface area contributed by atoms with Gasteiger partial charge >= 0.3 is 0 Å². The predicted molar refractivity (Wildman–Crippen MR) is 116 cm³/mol. The van der Waals surface area contributed by atoms with Crippen molar-refractivity contribution in [3.8, 4) is 0 Å². The summed E-state index contributed by atoms with van der Waals surface area (Å²) in [5.41, 5.74) is 4.33. The number of fused-ring (bicyclic) bond motifs is 1. The zero-order chi connectivity index (χ0) is 20.3. The lowest BCUT2D eigenvalue weighted by Gasteiger charge is -2.26. The number of carbonyl (C=O) groups is 1. The number of hydrogen-bond acceptors (Lipinski definition) is 4. The quantitative estimate of drug-likeness (QED) is 0.441. The molecule has 7 heteroatoms. The minimum absolute atomic E-state index is 0.254. The summed E-state index contributed by atoms with van der Waals surface area (Å²) in [6.45, 7) is 1.57. The molecule has 1 aliphatic carbocycles. The fourth-order valence-corrected chi connectivity index (χ4v) is 3.67. The van der Waals surface area contributed by atoms with Gasteiger partial charge in [0.2, 0.25) is 0 Å². The van der Waals surface area contributed by atoms with E-state index in [-0.39, 0.29) is 5.91 Å². The highest BCUT2D eigenvalue weighted by molar-refractivity contribution is 6.10. The van der Waals surface area contributed by atoms with Crippen LogP contribution in [0.15, 0.2) is 60.9 Å². The lowest BCUT2D eigenvalue weighted by atomic mass is 9.93. The van der Waals surface area contributed by atoms with Crippen LogP contribution in [0.25, 0.3) is 10.9 Å². The number of benzene rings is 2. The van der Waals surface area contributed by atoms with Gasteiger partial charge in [0.05, 0.1) is 23.9 Å². The minimum atomic E-state index is -0.254. The van der Waals surface area contributed by atoms with Crippen molar-refractivity contribution in [1.82, 2.24) is 25.3 Å². The van der Waals surface area contributed by atoms with Crippen LogP contribution in [-0.4, -0.2) is 31.9 Å². The molecule has 2 aromatic carbocycles. The molecule has 1 amide bonds. The molecule has 0 atom stereocenters. The summed E-state index contributed by atoms with van der Waals surface area (Å²) in [5, 5.41) is 18.7. The Labute approximate surface area is 174 Å².